The van der Waals surface area contributed by atoms with E-state index in [4.69, 9.17) is 5.11 Å². The predicted octanol–water partition coefficient (Wildman–Crippen LogP) is -0.923. The number of esters is 1. The molecule has 0 bridgehead atoms. The van der Waals surface area contributed by atoms with Gasteiger partial charge in [0.25, 0.3) is 0 Å². The topological polar surface area (TPSA) is 106 Å². The first-order valence-electron chi connectivity index (χ1n) is 5.57. The number of methoxy groups -OCH3 is 1. The molecule has 7 nitrogen and oxygen atoms in total. The second-order valence-corrected chi connectivity index (χ2v) is 5.64. The predicted molar refractivity (Wildman–Crippen MR) is 67.8 cm³/mol. The minimum Gasteiger partial charge on any atom is -0.468 e. The van der Waals surface area contributed by atoms with Gasteiger partial charge in [0.15, 0.2) is 0 Å². The third-order valence-corrected chi connectivity index (χ3v) is 3.73. The van der Waals surface area contributed by atoms with Crippen molar-refractivity contribution < 1.29 is 23.1 Å². The van der Waals surface area contributed by atoms with Crippen molar-refractivity contribution in [3.63, 3.8) is 0 Å². The highest BCUT2D eigenvalue weighted by atomic mass is 32.2. The van der Waals surface area contributed by atoms with Crippen LogP contribution in [0.3, 0.4) is 0 Å². The fraction of sp³-hybridized carbons (Fsp3) is 0.455. The number of carbonyl (C=O) groups excluding carboxylic acids is 1. The standard InChI is InChI=1S/C11H16N2O5S/c1-18-11(15)10(8-14)13-19(16,17)7-5-9-4-2-3-6-12-9/h2-4,6,10,13-14H,5,7-8H2,1H3. The molecule has 2 N–H and O–H groups in total. The lowest BCUT2D eigenvalue weighted by Gasteiger charge is -2.13. The van der Waals surface area contributed by atoms with Gasteiger partial charge >= 0.3 is 5.97 Å². The van der Waals surface area contributed by atoms with Crippen molar-refractivity contribution in [2.75, 3.05) is 19.5 Å². The maximum absolute atomic E-state index is 11.7. The first-order valence-corrected chi connectivity index (χ1v) is 7.22. The van der Waals surface area contributed by atoms with Crippen molar-refractivity contribution in [1.82, 2.24) is 9.71 Å². The molecule has 0 aliphatic heterocycles. The maximum atomic E-state index is 11.7. The number of hydrogen-bond donors (Lipinski definition) is 2. The molecule has 1 heterocycles. The van der Waals surface area contributed by atoms with Gasteiger partial charge in [-0.05, 0) is 12.1 Å². The first-order chi connectivity index (χ1) is 8.98. The number of hydrogen-bond acceptors (Lipinski definition) is 6. The number of ether oxygens (including phenoxy) is 1. The van der Waals surface area contributed by atoms with Crippen LogP contribution in [0.2, 0.25) is 0 Å². The number of nitrogens with zero attached hydrogens (tertiary/aromatic N) is 1. The van der Waals surface area contributed by atoms with Crippen LogP contribution in [0.5, 0.6) is 0 Å². The van der Waals surface area contributed by atoms with E-state index >= 15 is 0 Å². The maximum Gasteiger partial charge on any atom is 0.326 e. The van der Waals surface area contributed by atoms with Crippen LogP contribution in [-0.2, 0) is 26.0 Å². The summed E-state index contributed by atoms with van der Waals surface area (Å²) in [7, 11) is -2.58. The van der Waals surface area contributed by atoms with Gasteiger partial charge in [0.05, 0.1) is 19.5 Å². The van der Waals surface area contributed by atoms with Crippen LogP contribution >= 0.6 is 0 Å². The zero-order valence-electron chi connectivity index (χ0n) is 10.4. The van der Waals surface area contributed by atoms with Gasteiger partial charge < -0.3 is 9.84 Å². The van der Waals surface area contributed by atoms with Gasteiger partial charge in [-0.25, -0.2) is 8.42 Å². The lowest BCUT2D eigenvalue weighted by Crippen LogP contribution is -2.45. The highest BCUT2D eigenvalue weighted by Crippen LogP contribution is 1.99. The molecule has 8 heteroatoms. The van der Waals surface area contributed by atoms with Crippen molar-refractivity contribution in [3.05, 3.63) is 30.1 Å². The largest absolute Gasteiger partial charge is 0.468 e. The van der Waals surface area contributed by atoms with Gasteiger partial charge in [0.2, 0.25) is 10.0 Å². The Morgan fingerprint density at radius 2 is 2.26 bits per heavy atom. The molecule has 0 saturated heterocycles. The fourth-order valence-electron chi connectivity index (χ4n) is 1.36. The van der Waals surface area contributed by atoms with Crippen molar-refractivity contribution in [3.8, 4) is 0 Å². The summed E-state index contributed by atoms with van der Waals surface area (Å²) in [5.41, 5.74) is 0.631. The molecular weight excluding hydrogens is 272 g/mol. The summed E-state index contributed by atoms with van der Waals surface area (Å²) in [5, 5.41) is 8.94. The quantitative estimate of drug-likeness (QED) is 0.628. The van der Waals surface area contributed by atoms with Gasteiger partial charge in [-0.3, -0.25) is 9.78 Å². The van der Waals surface area contributed by atoms with E-state index in [1.807, 2.05) is 0 Å². The molecule has 0 radical (unpaired) electrons. The van der Waals surface area contributed by atoms with Gasteiger partial charge in [-0.2, -0.15) is 4.72 Å². The number of aliphatic hydroxyl groups is 1. The summed E-state index contributed by atoms with van der Waals surface area (Å²) in [6.45, 7) is -0.657. The summed E-state index contributed by atoms with van der Waals surface area (Å²) in [6, 6.07) is 3.92. The molecule has 0 aliphatic carbocycles. The molecule has 1 aromatic rings. The Morgan fingerprint density at radius 1 is 1.53 bits per heavy atom. The van der Waals surface area contributed by atoms with Gasteiger partial charge in [0, 0.05) is 18.3 Å². The monoisotopic (exact) mass is 288 g/mol. The van der Waals surface area contributed by atoms with E-state index in [1.54, 1.807) is 24.4 Å². The Morgan fingerprint density at radius 3 is 2.79 bits per heavy atom. The molecule has 106 valence electrons. The molecule has 1 atom stereocenters. The van der Waals surface area contributed by atoms with Crippen molar-refractivity contribution >= 4 is 16.0 Å². The molecule has 0 aliphatic rings. The Hall–Kier alpha value is -1.51. The molecular formula is C11H16N2O5S. The van der Waals surface area contributed by atoms with Crippen molar-refractivity contribution in [2.45, 2.75) is 12.5 Å². The third kappa shape index (κ3) is 5.33. The molecule has 1 aromatic heterocycles. The molecule has 1 unspecified atom stereocenters. The summed E-state index contributed by atoms with van der Waals surface area (Å²) in [6.07, 6.45) is 1.79. The number of pyridine rings is 1. The number of nitrogens with one attached hydrogen (secondary N) is 1. The Labute approximate surface area is 111 Å². The van der Waals surface area contributed by atoms with E-state index < -0.39 is 28.6 Å². The highest BCUT2D eigenvalue weighted by Gasteiger charge is 2.24. The average molecular weight is 288 g/mol. The second kappa shape index (κ2) is 7.17. The molecule has 0 aromatic carbocycles. The van der Waals surface area contributed by atoms with Crippen LogP contribution in [0.1, 0.15) is 5.69 Å². The molecule has 1 rings (SSSR count). The molecule has 0 saturated carbocycles. The summed E-state index contributed by atoms with van der Waals surface area (Å²) < 4.78 is 29.9. The average Bonchev–Trinajstić information content (AvgIpc) is 2.43. The van der Waals surface area contributed by atoms with Crippen LogP contribution in [0.4, 0.5) is 0 Å². The zero-order chi connectivity index (χ0) is 14.3. The summed E-state index contributed by atoms with van der Waals surface area (Å²) >= 11 is 0. The summed E-state index contributed by atoms with van der Waals surface area (Å²) in [5.74, 6) is -1.05. The van der Waals surface area contributed by atoms with E-state index in [-0.39, 0.29) is 12.2 Å². The second-order valence-electron chi connectivity index (χ2n) is 3.77. The van der Waals surface area contributed by atoms with Gasteiger partial charge in [0.1, 0.15) is 6.04 Å². The smallest absolute Gasteiger partial charge is 0.326 e. The van der Waals surface area contributed by atoms with E-state index in [2.05, 4.69) is 14.4 Å². The van der Waals surface area contributed by atoms with E-state index in [9.17, 15) is 13.2 Å². The van der Waals surface area contributed by atoms with Crippen molar-refractivity contribution in [1.29, 1.82) is 0 Å². The van der Waals surface area contributed by atoms with Crippen molar-refractivity contribution in [2.24, 2.45) is 0 Å². The minimum absolute atomic E-state index is 0.218. The molecule has 0 spiro atoms. The SMILES string of the molecule is COC(=O)C(CO)NS(=O)(=O)CCc1ccccn1. The van der Waals surface area contributed by atoms with E-state index in [0.29, 0.717) is 5.69 Å². The van der Waals surface area contributed by atoms with E-state index in [0.717, 1.165) is 7.11 Å². The Kier molecular flexibility index (Phi) is 5.87. The number of aryl methyl sites for hydroxylation is 1. The summed E-state index contributed by atoms with van der Waals surface area (Å²) in [4.78, 5) is 15.2. The molecule has 0 amide bonds. The van der Waals surface area contributed by atoms with E-state index in [1.165, 1.54) is 0 Å². The van der Waals surface area contributed by atoms with Crippen LogP contribution < -0.4 is 4.72 Å². The number of aromatic nitrogens is 1. The van der Waals surface area contributed by atoms with Crippen LogP contribution in [0, 0.1) is 0 Å². The molecule has 19 heavy (non-hydrogen) atoms. The lowest BCUT2D eigenvalue weighted by molar-refractivity contribution is -0.143. The molecule has 0 fully saturated rings. The normalized spacial score (nSPS) is 12.9. The fourth-order valence-corrected chi connectivity index (χ4v) is 2.56. The van der Waals surface area contributed by atoms with Crippen LogP contribution in [0.15, 0.2) is 24.4 Å². The van der Waals surface area contributed by atoms with Crippen LogP contribution in [0.25, 0.3) is 0 Å². The third-order valence-electron chi connectivity index (χ3n) is 2.34. The number of carbonyl (C=O) groups is 1. The highest BCUT2D eigenvalue weighted by molar-refractivity contribution is 7.89. The number of rotatable bonds is 7. The van der Waals surface area contributed by atoms with Gasteiger partial charge in [-0.15, -0.1) is 0 Å². The Bertz CT molecular complexity index is 503. The van der Waals surface area contributed by atoms with Crippen LogP contribution in [-0.4, -0.2) is 50.0 Å². The number of sulfonamides is 1. The van der Waals surface area contributed by atoms with Gasteiger partial charge in [-0.1, -0.05) is 6.07 Å². The lowest BCUT2D eigenvalue weighted by atomic mass is 10.3. The zero-order valence-corrected chi connectivity index (χ0v) is 11.3. The minimum atomic E-state index is -3.70. The number of aliphatic hydroxyl groups excluding tert-OH is 1. The first kappa shape index (κ1) is 15.5. The Balaban J connectivity index is 2.59.